The summed E-state index contributed by atoms with van der Waals surface area (Å²) in [6, 6.07) is 7.50. The first-order valence-electron chi connectivity index (χ1n) is 9.45. The van der Waals surface area contributed by atoms with Gasteiger partial charge in [-0.3, -0.25) is 23.4 Å². The summed E-state index contributed by atoms with van der Waals surface area (Å²) in [4.78, 5) is 22.4. The summed E-state index contributed by atoms with van der Waals surface area (Å²) in [7, 11) is -1.63. The Morgan fingerprint density at radius 2 is 2.12 bits per heavy atom. The predicted molar refractivity (Wildman–Crippen MR) is 108 cm³/mol. The quantitative estimate of drug-likeness (QED) is 0.554. The summed E-state index contributed by atoms with van der Waals surface area (Å²) < 4.78 is 58.0. The summed E-state index contributed by atoms with van der Waals surface area (Å²) in [6.45, 7) is -1.41. The van der Waals surface area contributed by atoms with Crippen molar-refractivity contribution in [2.24, 2.45) is 0 Å². The van der Waals surface area contributed by atoms with Crippen molar-refractivity contribution in [2.75, 3.05) is 19.3 Å². The minimum absolute atomic E-state index is 0.0334. The Morgan fingerprint density at radius 3 is 2.94 bits per heavy atom. The Balaban J connectivity index is 0.000000775. The van der Waals surface area contributed by atoms with E-state index in [1.807, 2.05) is 24.3 Å². The maximum atomic E-state index is 14.6. The number of H-pyrrole nitrogens is 1. The number of hydrogen-bond donors (Lipinski definition) is 2. The number of rotatable bonds is 4. The molecule has 10 nitrogen and oxygen atoms in total. The lowest BCUT2D eigenvalue weighted by Crippen LogP contribution is -2.23. The number of anilines is 1. The van der Waals surface area contributed by atoms with Crippen LogP contribution in [0.4, 0.5) is 19.1 Å². The molecule has 0 spiro atoms. The van der Waals surface area contributed by atoms with E-state index in [1.54, 1.807) is 0 Å². The fourth-order valence-corrected chi connectivity index (χ4v) is 4.33. The topological polar surface area (TPSA) is 127 Å². The van der Waals surface area contributed by atoms with Crippen molar-refractivity contribution >= 4 is 25.7 Å². The molecular formula is C18H19F3N5O5P. The van der Waals surface area contributed by atoms with E-state index in [1.165, 1.54) is 10.9 Å². The minimum atomic E-state index is -1.75. The van der Waals surface area contributed by atoms with E-state index >= 15 is 0 Å². The van der Waals surface area contributed by atoms with E-state index in [9.17, 15) is 18.0 Å². The number of ether oxygens (including phenoxy) is 1. The van der Waals surface area contributed by atoms with Crippen LogP contribution in [0.3, 0.4) is 0 Å². The Bertz CT molecular complexity index is 1130. The molecule has 3 N–H and O–H groups in total. The number of nitrogens with one attached hydrogen (secondary N) is 1. The number of halogens is 3. The zero-order chi connectivity index (χ0) is 22.7. The molecule has 1 fully saturated rings. The molecule has 2 aromatic heterocycles. The second-order valence-corrected chi connectivity index (χ2v) is 7.90. The van der Waals surface area contributed by atoms with Crippen LogP contribution in [-0.2, 0) is 20.4 Å². The second-order valence-electron chi connectivity index (χ2n) is 6.75. The van der Waals surface area contributed by atoms with Gasteiger partial charge in [0.05, 0.1) is 19.5 Å². The highest BCUT2D eigenvalue weighted by Crippen LogP contribution is 2.47. The van der Waals surface area contributed by atoms with Gasteiger partial charge in [0.1, 0.15) is 24.3 Å². The molecule has 0 amide bonds. The van der Waals surface area contributed by atoms with Gasteiger partial charge in [0.2, 0.25) is 12.9 Å². The average molecular weight is 473 g/mol. The van der Waals surface area contributed by atoms with Crippen LogP contribution in [0, 0.1) is 0 Å². The lowest BCUT2D eigenvalue weighted by Gasteiger charge is -2.24. The number of para-hydroxylation sites is 1. The van der Waals surface area contributed by atoms with Gasteiger partial charge in [-0.1, -0.05) is 18.2 Å². The van der Waals surface area contributed by atoms with E-state index in [0.717, 1.165) is 5.56 Å². The first-order valence-corrected chi connectivity index (χ1v) is 10.5. The molecule has 0 radical (unpaired) electrons. The molecule has 2 aliphatic heterocycles. The van der Waals surface area contributed by atoms with E-state index in [-0.39, 0.29) is 30.1 Å². The van der Waals surface area contributed by atoms with Gasteiger partial charge in [-0.05, 0) is 6.07 Å². The monoisotopic (exact) mass is 473 g/mol. The predicted octanol–water partition coefficient (Wildman–Crippen LogP) is 3.06. The average Bonchev–Trinajstić information content (AvgIpc) is 3.36. The van der Waals surface area contributed by atoms with Crippen LogP contribution in [0.5, 0.6) is 5.75 Å². The fourth-order valence-electron chi connectivity index (χ4n) is 3.30. The highest BCUT2D eigenvalue weighted by molar-refractivity contribution is 7.42. The second kappa shape index (κ2) is 9.82. The molecule has 0 bridgehead atoms. The number of nitrogens with two attached hydrogens (primary N) is 1. The maximum absolute atomic E-state index is 14.6. The number of alkyl halides is 3. The Hall–Kier alpha value is -2.73. The summed E-state index contributed by atoms with van der Waals surface area (Å²) in [5.41, 5.74) is 6.43. The van der Waals surface area contributed by atoms with E-state index in [4.69, 9.17) is 24.0 Å². The largest absolute Gasteiger partial charge is 0.426 e. The summed E-state index contributed by atoms with van der Waals surface area (Å²) in [5, 5.41) is 0. The van der Waals surface area contributed by atoms with Gasteiger partial charge in [-0.2, -0.15) is 4.98 Å². The minimum Gasteiger partial charge on any atom is -0.426 e. The van der Waals surface area contributed by atoms with Crippen molar-refractivity contribution in [1.29, 1.82) is 0 Å². The number of nitrogen functional groups attached to an aromatic ring is 1. The summed E-state index contributed by atoms with van der Waals surface area (Å²) in [6.07, 6.45) is -1.32. The SMILES string of the molecule is FCF.Nc1nc2c(ncn2C2CC(F)C(COP3OCc4ccccc4O3)O2)c(=O)[nH]1. The third-order valence-corrected chi connectivity index (χ3v) is 5.78. The normalized spacial score (nSPS) is 24.5. The first kappa shape index (κ1) is 22.5. The molecule has 4 heterocycles. The fraction of sp³-hybridized carbons (Fsp3) is 0.389. The molecule has 172 valence electrons. The van der Waals surface area contributed by atoms with Crippen molar-refractivity contribution in [2.45, 2.75) is 31.5 Å². The molecular weight excluding hydrogens is 454 g/mol. The molecule has 4 atom stereocenters. The third-order valence-electron chi connectivity index (χ3n) is 4.74. The van der Waals surface area contributed by atoms with E-state index < -0.39 is 39.6 Å². The molecule has 4 unspecified atom stereocenters. The molecule has 3 aromatic rings. The van der Waals surface area contributed by atoms with Gasteiger partial charge in [-0.25, -0.2) is 18.2 Å². The van der Waals surface area contributed by atoms with E-state index in [0.29, 0.717) is 12.4 Å². The summed E-state index contributed by atoms with van der Waals surface area (Å²) >= 11 is 0. The molecule has 1 saturated heterocycles. The van der Waals surface area contributed by atoms with Crippen LogP contribution < -0.4 is 15.8 Å². The molecule has 1 aromatic carbocycles. The van der Waals surface area contributed by atoms with Crippen molar-refractivity contribution in [1.82, 2.24) is 19.5 Å². The number of hydrogen-bond acceptors (Lipinski definition) is 8. The molecule has 5 rings (SSSR count). The zero-order valence-corrected chi connectivity index (χ0v) is 17.4. The molecule has 14 heteroatoms. The van der Waals surface area contributed by atoms with Crippen LogP contribution in [0.2, 0.25) is 0 Å². The molecule has 0 saturated carbocycles. The van der Waals surface area contributed by atoms with Gasteiger partial charge in [0, 0.05) is 12.0 Å². The molecule has 0 aliphatic carbocycles. The van der Waals surface area contributed by atoms with Crippen LogP contribution in [0.1, 0.15) is 18.2 Å². The van der Waals surface area contributed by atoms with Crippen LogP contribution in [0.15, 0.2) is 35.4 Å². The lowest BCUT2D eigenvalue weighted by molar-refractivity contribution is -0.0302. The Labute approximate surface area is 180 Å². The number of nitrogens with zero attached hydrogens (tertiary/aromatic N) is 3. The number of aromatic nitrogens is 4. The van der Waals surface area contributed by atoms with Crippen molar-refractivity contribution in [3.05, 3.63) is 46.5 Å². The first-order chi connectivity index (χ1) is 15.5. The van der Waals surface area contributed by atoms with Gasteiger partial charge < -0.3 is 15.0 Å². The number of imidazole rings is 1. The third kappa shape index (κ3) is 4.70. The van der Waals surface area contributed by atoms with Crippen molar-refractivity contribution in [3.8, 4) is 5.75 Å². The lowest BCUT2D eigenvalue weighted by atomic mass is 10.2. The van der Waals surface area contributed by atoms with Crippen molar-refractivity contribution < 1.29 is 31.5 Å². The highest BCUT2D eigenvalue weighted by atomic mass is 31.2. The number of fused-ring (bicyclic) bond motifs is 2. The highest BCUT2D eigenvalue weighted by Gasteiger charge is 2.38. The number of aromatic amines is 1. The Kier molecular flexibility index (Phi) is 6.89. The van der Waals surface area contributed by atoms with Crippen LogP contribution >= 0.6 is 8.60 Å². The van der Waals surface area contributed by atoms with Crippen LogP contribution in [-0.4, -0.2) is 45.3 Å². The van der Waals surface area contributed by atoms with Gasteiger partial charge in [-0.15, -0.1) is 0 Å². The smallest absolute Gasteiger partial charge is 0.397 e. The zero-order valence-electron chi connectivity index (χ0n) is 16.5. The van der Waals surface area contributed by atoms with Crippen molar-refractivity contribution in [3.63, 3.8) is 0 Å². The molecule has 32 heavy (non-hydrogen) atoms. The molecule has 2 aliphatic rings. The van der Waals surface area contributed by atoms with Gasteiger partial charge in [0.25, 0.3) is 5.56 Å². The van der Waals surface area contributed by atoms with E-state index in [2.05, 4.69) is 15.0 Å². The summed E-state index contributed by atoms with van der Waals surface area (Å²) in [5.74, 6) is 0.652. The standard InChI is InChI=1S/C17H17FN5O5P.CH2F2/c18-10-5-13(23-8-20-14-15(23)21-17(19)22-16(14)24)27-12(10)7-26-29-25-6-9-3-1-2-4-11(9)28-29;2-1-3/h1-4,8,10,12-13H,5-7H2,(H3,19,21,22,24);1H2. The Morgan fingerprint density at radius 1 is 1.34 bits per heavy atom. The maximum Gasteiger partial charge on any atom is 0.397 e. The van der Waals surface area contributed by atoms with Gasteiger partial charge in [0.15, 0.2) is 11.2 Å². The number of benzene rings is 1. The van der Waals surface area contributed by atoms with Gasteiger partial charge >= 0.3 is 8.60 Å². The van der Waals surface area contributed by atoms with Crippen LogP contribution in [0.25, 0.3) is 11.2 Å².